The lowest BCUT2D eigenvalue weighted by Crippen LogP contribution is -2.37. The second kappa shape index (κ2) is 10.00. The average Bonchev–Trinajstić information content (AvgIpc) is 2.79. The predicted octanol–water partition coefficient (Wildman–Crippen LogP) is 4.06. The van der Waals surface area contributed by atoms with Crippen LogP contribution in [0.5, 0.6) is 17.5 Å². The molecule has 3 aromatic rings. The predicted molar refractivity (Wildman–Crippen MR) is 122 cm³/mol. The summed E-state index contributed by atoms with van der Waals surface area (Å²) in [7, 11) is 3.15. The Morgan fingerprint density at radius 3 is 2.41 bits per heavy atom. The van der Waals surface area contributed by atoms with Gasteiger partial charge in [-0.3, -0.25) is 0 Å². The Labute approximate surface area is 187 Å². The number of nitrogens with zero attached hydrogens (tertiary/aromatic N) is 2. The SMILES string of the molecule is COc1ccc(CCNc2cc(-c3cccc(OC(C)(C)C(=O)O)c3)nc(OC)n2)cc1. The number of aliphatic carboxylic acids is 1. The highest BCUT2D eigenvalue weighted by Gasteiger charge is 2.29. The van der Waals surface area contributed by atoms with Gasteiger partial charge in [-0.05, 0) is 50.1 Å². The van der Waals surface area contributed by atoms with Gasteiger partial charge in [-0.2, -0.15) is 9.97 Å². The van der Waals surface area contributed by atoms with Gasteiger partial charge in [-0.15, -0.1) is 0 Å². The number of hydrogen-bond donors (Lipinski definition) is 2. The molecule has 0 aliphatic heterocycles. The molecule has 8 heteroatoms. The van der Waals surface area contributed by atoms with Crippen molar-refractivity contribution in [2.45, 2.75) is 25.9 Å². The topological polar surface area (TPSA) is 103 Å². The van der Waals surface area contributed by atoms with Crippen molar-refractivity contribution in [1.29, 1.82) is 0 Å². The van der Waals surface area contributed by atoms with Crippen LogP contribution in [0.15, 0.2) is 54.6 Å². The molecule has 2 N–H and O–H groups in total. The second-order valence-electron chi connectivity index (χ2n) is 7.60. The van der Waals surface area contributed by atoms with Gasteiger partial charge < -0.3 is 24.6 Å². The maximum absolute atomic E-state index is 11.4. The third-order valence-electron chi connectivity index (χ3n) is 4.78. The number of nitrogens with one attached hydrogen (secondary N) is 1. The number of rotatable bonds is 10. The van der Waals surface area contributed by atoms with E-state index in [2.05, 4.69) is 15.3 Å². The molecule has 0 amide bonds. The summed E-state index contributed by atoms with van der Waals surface area (Å²) < 4.78 is 16.1. The first-order chi connectivity index (χ1) is 15.3. The third-order valence-corrected chi connectivity index (χ3v) is 4.78. The van der Waals surface area contributed by atoms with E-state index in [1.807, 2.05) is 36.4 Å². The minimum atomic E-state index is -1.35. The van der Waals surface area contributed by atoms with Crippen LogP contribution in [0.2, 0.25) is 0 Å². The Bertz CT molecular complexity index is 1070. The highest BCUT2D eigenvalue weighted by molar-refractivity contribution is 5.77. The van der Waals surface area contributed by atoms with E-state index in [-0.39, 0.29) is 6.01 Å². The molecule has 0 aliphatic rings. The number of carboxylic acids is 1. The number of carboxylic acid groups (broad SMARTS) is 1. The van der Waals surface area contributed by atoms with Gasteiger partial charge in [0.15, 0.2) is 5.60 Å². The lowest BCUT2D eigenvalue weighted by molar-refractivity contribution is -0.152. The van der Waals surface area contributed by atoms with Crippen LogP contribution in [0.1, 0.15) is 19.4 Å². The Morgan fingerprint density at radius 1 is 1.00 bits per heavy atom. The summed E-state index contributed by atoms with van der Waals surface area (Å²) >= 11 is 0. The maximum atomic E-state index is 11.4. The van der Waals surface area contributed by atoms with E-state index in [1.54, 1.807) is 25.3 Å². The van der Waals surface area contributed by atoms with Gasteiger partial charge in [0.05, 0.1) is 19.9 Å². The highest BCUT2D eigenvalue weighted by atomic mass is 16.5. The Hall–Kier alpha value is -3.81. The summed E-state index contributed by atoms with van der Waals surface area (Å²) in [6.07, 6.45) is 0.805. The van der Waals surface area contributed by atoms with Crippen LogP contribution < -0.4 is 19.5 Å². The molecule has 1 heterocycles. The number of carbonyl (C=O) groups is 1. The molecular formula is C24H27N3O5. The fourth-order valence-electron chi connectivity index (χ4n) is 2.94. The highest BCUT2D eigenvalue weighted by Crippen LogP contribution is 2.27. The molecule has 2 aromatic carbocycles. The van der Waals surface area contributed by atoms with Crippen LogP contribution >= 0.6 is 0 Å². The molecule has 0 fully saturated rings. The molecule has 0 bridgehead atoms. The molecular weight excluding hydrogens is 410 g/mol. The molecule has 168 valence electrons. The van der Waals surface area contributed by atoms with E-state index >= 15 is 0 Å². The lowest BCUT2D eigenvalue weighted by atomic mass is 10.1. The van der Waals surface area contributed by atoms with E-state index in [1.165, 1.54) is 26.5 Å². The summed E-state index contributed by atoms with van der Waals surface area (Å²) in [4.78, 5) is 20.2. The van der Waals surface area contributed by atoms with Crippen molar-refractivity contribution < 1.29 is 24.1 Å². The molecule has 0 saturated heterocycles. The zero-order valence-electron chi connectivity index (χ0n) is 18.6. The number of methoxy groups -OCH3 is 2. The fraction of sp³-hybridized carbons (Fsp3) is 0.292. The van der Waals surface area contributed by atoms with Gasteiger partial charge in [0.1, 0.15) is 17.3 Å². The van der Waals surface area contributed by atoms with E-state index in [0.717, 1.165) is 17.7 Å². The zero-order valence-corrected chi connectivity index (χ0v) is 18.6. The van der Waals surface area contributed by atoms with Gasteiger partial charge in [-0.1, -0.05) is 24.3 Å². The Balaban J connectivity index is 1.75. The Kier molecular flexibility index (Phi) is 7.14. The van der Waals surface area contributed by atoms with Gasteiger partial charge in [0, 0.05) is 18.2 Å². The minimum absolute atomic E-state index is 0.228. The smallest absolute Gasteiger partial charge is 0.347 e. The first-order valence-corrected chi connectivity index (χ1v) is 10.1. The van der Waals surface area contributed by atoms with Crippen LogP contribution in [0.25, 0.3) is 11.3 Å². The quantitative estimate of drug-likeness (QED) is 0.490. The summed E-state index contributed by atoms with van der Waals surface area (Å²) in [6, 6.07) is 17.1. The molecule has 0 saturated carbocycles. The molecule has 0 spiro atoms. The van der Waals surface area contributed by atoms with Crippen LogP contribution in [0.4, 0.5) is 5.82 Å². The van der Waals surface area contributed by atoms with E-state index in [0.29, 0.717) is 23.8 Å². The van der Waals surface area contributed by atoms with E-state index in [4.69, 9.17) is 14.2 Å². The monoisotopic (exact) mass is 437 g/mol. The van der Waals surface area contributed by atoms with Crippen molar-refractivity contribution in [3.63, 3.8) is 0 Å². The van der Waals surface area contributed by atoms with E-state index < -0.39 is 11.6 Å². The second-order valence-corrected chi connectivity index (χ2v) is 7.60. The van der Waals surface area contributed by atoms with Crippen molar-refractivity contribution in [1.82, 2.24) is 9.97 Å². The molecule has 32 heavy (non-hydrogen) atoms. The molecule has 0 atom stereocenters. The molecule has 0 radical (unpaired) electrons. The van der Waals surface area contributed by atoms with Crippen LogP contribution in [-0.2, 0) is 11.2 Å². The average molecular weight is 437 g/mol. The zero-order chi connectivity index (χ0) is 23.1. The number of aromatic nitrogens is 2. The van der Waals surface area contributed by atoms with Gasteiger partial charge in [0.2, 0.25) is 0 Å². The first kappa shape index (κ1) is 22.9. The van der Waals surface area contributed by atoms with Crippen molar-refractivity contribution in [2.75, 3.05) is 26.1 Å². The molecule has 3 rings (SSSR count). The largest absolute Gasteiger partial charge is 0.497 e. The van der Waals surface area contributed by atoms with Crippen molar-refractivity contribution in [3.05, 3.63) is 60.2 Å². The van der Waals surface area contributed by atoms with Gasteiger partial charge in [-0.25, -0.2) is 4.79 Å². The Morgan fingerprint density at radius 2 is 1.75 bits per heavy atom. The molecule has 8 nitrogen and oxygen atoms in total. The molecule has 0 aliphatic carbocycles. The standard InChI is InChI=1S/C24H27N3O5/c1-24(2,22(28)29)32-19-7-5-6-17(14-19)20-15-21(27-23(26-20)31-4)25-13-12-16-8-10-18(30-3)11-9-16/h5-11,14-15H,12-13H2,1-4H3,(H,28,29)(H,25,26,27). The number of hydrogen-bond acceptors (Lipinski definition) is 7. The number of anilines is 1. The van der Waals surface area contributed by atoms with Gasteiger partial charge in [0.25, 0.3) is 0 Å². The molecule has 0 unspecified atom stereocenters. The lowest BCUT2D eigenvalue weighted by Gasteiger charge is -2.21. The van der Waals surface area contributed by atoms with Crippen LogP contribution in [0.3, 0.4) is 0 Å². The van der Waals surface area contributed by atoms with Crippen molar-refractivity contribution in [2.24, 2.45) is 0 Å². The van der Waals surface area contributed by atoms with Crippen LogP contribution in [-0.4, -0.2) is 47.4 Å². The number of ether oxygens (including phenoxy) is 3. The van der Waals surface area contributed by atoms with Crippen molar-refractivity contribution >= 4 is 11.8 Å². The van der Waals surface area contributed by atoms with Crippen molar-refractivity contribution in [3.8, 4) is 28.8 Å². The number of benzene rings is 2. The molecule has 1 aromatic heterocycles. The van der Waals surface area contributed by atoms with Gasteiger partial charge >= 0.3 is 12.0 Å². The normalized spacial score (nSPS) is 11.0. The first-order valence-electron chi connectivity index (χ1n) is 10.1. The third kappa shape index (κ3) is 5.87. The summed E-state index contributed by atoms with van der Waals surface area (Å²) in [5.41, 5.74) is 1.20. The minimum Gasteiger partial charge on any atom is -0.497 e. The van der Waals surface area contributed by atoms with E-state index in [9.17, 15) is 9.90 Å². The fourth-order valence-corrected chi connectivity index (χ4v) is 2.94. The summed E-state index contributed by atoms with van der Waals surface area (Å²) in [5.74, 6) is 0.832. The summed E-state index contributed by atoms with van der Waals surface area (Å²) in [6.45, 7) is 3.67. The maximum Gasteiger partial charge on any atom is 0.347 e. The summed E-state index contributed by atoms with van der Waals surface area (Å²) in [5, 5.41) is 12.6. The van der Waals surface area contributed by atoms with Crippen LogP contribution in [0, 0.1) is 0 Å².